The van der Waals surface area contributed by atoms with Crippen LogP contribution in [-0.2, 0) is 28.0 Å². The van der Waals surface area contributed by atoms with Crippen LogP contribution in [0.15, 0.2) is 151 Å². The summed E-state index contributed by atoms with van der Waals surface area (Å²) in [5, 5.41) is 16.8. The summed E-state index contributed by atoms with van der Waals surface area (Å²) >= 11 is 0. The van der Waals surface area contributed by atoms with Crippen LogP contribution in [0.2, 0.25) is 0 Å². The van der Waals surface area contributed by atoms with Crippen molar-refractivity contribution in [1.82, 2.24) is 29.8 Å². The molecule has 0 aliphatic heterocycles. The summed E-state index contributed by atoms with van der Waals surface area (Å²) in [6, 6.07) is 47.6. The number of rotatable bonds is 14. The number of esters is 1. The zero-order chi connectivity index (χ0) is 41.3. The number of aryl methyl sites for hydroxylation is 1. The lowest BCUT2D eigenvalue weighted by Crippen LogP contribution is -2.39. The molecule has 5 aromatic carbocycles. The van der Waals surface area contributed by atoms with Crippen molar-refractivity contribution in [2.24, 2.45) is 0 Å². The van der Waals surface area contributed by atoms with Gasteiger partial charge in [-0.25, -0.2) is 14.5 Å². The Morgan fingerprint density at radius 1 is 0.733 bits per heavy atom. The van der Waals surface area contributed by atoms with Crippen molar-refractivity contribution in [3.63, 3.8) is 0 Å². The average molecular weight is 796 g/mol. The Kier molecular flexibility index (Phi) is 12.2. The molecule has 1 saturated carbocycles. The first-order valence-electron chi connectivity index (χ1n) is 20.9. The summed E-state index contributed by atoms with van der Waals surface area (Å²) in [7, 11) is 0. The Morgan fingerprint density at radius 2 is 1.32 bits per heavy atom. The fraction of sp³-hybridized carbons (Fsp3) is 0.240. The average Bonchev–Trinajstić information content (AvgIpc) is 3.91. The van der Waals surface area contributed by atoms with Crippen molar-refractivity contribution in [2.75, 3.05) is 11.9 Å². The van der Waals surface area contributed by atoms with Crippen molar-refractivity contribution >= 4 is 17.7 Å². The van der Waals surface area contributed by atoms with Crippen molar-refractivity contribution in [2.45, 2.75) is 70.9 Å². The summed E-state index contributed by atoms with van der Waals surface area (Å²) in [6.07, 6.45) is 8.30. The highest BCUT2D eigenvalue weighted by atomic mass is 16.5. The zero-order valence-electron chi connectivity index (χ0n) is 34.1. The number of amides is 1. The molecule has 1 aliphatic carbocycles. The number of hydrogen-bond donors (Lipinski definition) is 1. The minimum absolute atomic E-state index is 0.200. The van der Waals surface area contributed by atoms with Crippen LogP contribution in [0, 0.1) is 0 Å². The largest absolute Gasteiger partial charge is 0.461 e. The van der Waals surface area contributed by atoms with Crippen molar-refractivity contribution < 1.29 is 14.3 Å². The number of carbonyl (C=O) groups excluding carboxylic acids is 2. The van der Waals surface area contributed by atoms with Crippen molar-refractivity contribution in [1.29, 1.82) is 0 Å². The summed E-state index contributed by atoms with van der Waals surface area (Å²) in [5.74, 6) is 0.764. The molecule has 0 bridgehead atoms. The zero-order valence-corrected chi connectivity index (χ0v) is 34.1. The maximum absolute atomic E-state index is 13.6. The van der Waals surface area contributed by atoms with E-state index in [0.29, 0.717) is 24.6 Å². The lowest BCUT2D eigenvalue weighted by atomic mass is 9.77. The minimum atomic E-state index is -0.901. The van der Waals surface area contributed by atoms with Gasteiger partial charge in [0.15, 0.2) is 17.3 Å². The third-order valence-corrected chi connectivity index (χ3v) is 11.2. The molecule has 1 aliphatic rings. The SMILES string of the molecule is CCCc1nc(NC(=O)C=C2CCCCC2)c(C(=O)OCC)n1Cc1ccc(-c2ccccc2-c2nnnn2C(c2ccccc2)(c2ccccc2)c2ccccc2)cc1. The van der Waals surface area contributed by atoms with E-state index in [9.17, 15) is 9.59 Å². The monoisotopic (exact) mass is 795 g/mol. The second-order valence-corrected chi connectivity index (χ2v) is 15.1. The van der Waals surface area contributed by atoms with Gasteiger partial charge in [-0.3, -0.25) is 4.79 Å². The number of allylic oxidation sites excluding steroid dienone is 1. The normalized spacial score (nSPS) is 12.9. The van der Waals surface area contributed by atoms with E-state index < -0.39 is 11.5 Å². The fourth-order valence-corrected chi connectivity index (χ4v) is 8.45. The Bertz CT molecular complexity index is 2480. The van der Waals surface area contributed by atoms with E-state index in [1.54, 1.807) is 13.0 Å². The van der Waals surface area contributed by atoms with E-state index in [0.717, 1.165) is 76.6 Å². The summed E-state index contributed by atoms with van der Waals surface area (Å²) in [6.45, 7) is 4.41. The molecule has 10 nitrogen and oxygen atoms in total. The quantitative estimate of drug-likeness (QED) is 0.0662. The van der Waals surface area contributed by atoms with E-state index in [2.05, 4.69) is 90.3 Å². The molecule has 1 amide bonds. The number of imidazole rings is 1. The fourth-order valence-electron chi connectivity index (χ4n) is 8.45. The first kappa shape index (κ1) is 39.9. The molecular weight excluding hydrogens is 747 g/mol. The van der Waals surface area contributed by atoms with E-state index >= 15 is 0 Å². The van der Waals surface area contributed by atoms with Gasteiger partial charge in [-0.15, -0.1) is 5.10 Å². The smallest absolute Gasteiger partial charge is 0.358 e. The molecule has 60 heavy (non-hydrogen) atoms. The molecular formula is C50H49N7O3. The van der Waals surface area contributed by atoms with Gasteiger partial charge in [0.05, 0.1) is 6.61 Å². The minimum Gasteiger partial charge on any atom is -0.461 e. The predicted molar refractivity (Wildman–Crippen MR) is 234 cm³/mol. The van der Waals surface area contributed by atoms with E-state index in [4.69, 9.17) is 20.0 Å². The summed E-state index contributed by atoms with van der Waals surface area (Å²) < 4.78 is 9.37. The number of anilines is 1. The molecule has 0 unspecified atom stereocenters. The Morgan fingerprint density at radius 3 is 1.90 bits per heavy atom. The molecule has 2 heterocycles. The van der Waals surface area contributed by atoms with Crippen LogP contribution in [0.4, 0.5) is 5.82 Å². The molecule has 7 aromatic rings. The lowest BCUT2D eigenvalue weighted by molar-refractivity contribution is -0.112. The first-order valence-corrected chi connectivity index (χ1v) is 20.9. The number of ether oxygens (including phenoxy) is 1. The number of nitrogens with one attached hydrogen (secondary N) is 1. The Hall–Kier alpha value is -6.94. The topological polar surface area (TPSA) is 117 Å². The van der Waals surface area contributed by atoms with Crippen LogP contribution < -0.4 is 5.32 Å². The third kappa shape index (κ3) is 8.05. The number of hydrogen-bond acceptors (Lipinski definition) is 7. The molecule has 0 atom stereocenters. The van der Waals surface area contributed by atoms with Gasteiger partial charge in [0.1, 0.15) is 11.4 Å². The highest BCUT2D eigenvalue weighted by Crippen LogP contribution is 2.43. The van der Waals surface area contributed by atoms with Gasteiger partial charge in [0.25, 0.3) is 0 Å². The first-order chi connectivity index (χ1) is 29.5. The number of benzene rings is 5. The van der Waals surface area contributed by atoms with Crippen LogP contribution in [0.5, 0.6) is 0 Å². The van der Waals surface area contributed by atoms with Gasteiger partial charge in [-0.2, -0.15) is 0 Å². The Balaban J connectivity index is 1.17. The van der Waals surface area contributed by atoms with Gasteiger partial charge < -0.3 is 14.6 Å². The van der Waals surface area contributed by atoms with E-state index in [-0.39, 0.29) is 24.0 Å². The molecule has 8 rings (SSSR count). The maximum Gasteiger partial charge on any atom is 0.358 e. The summed E-state index contributed by atoms with van der Waals surface area (Å²) in [4.78, 5) is 31.6. The molecule has 10 heteroatoms. The Labute approximate surface area is 351 Å². The molecule has 2 aromatic heterocycles. The van der Waals surface area contributed by atoms with Crippen LogP contribution in [0.25, 0.3) is 22.5 Å². The van der Waals surface area contributed by atoms with Crippen LogP contribution >= 0.6 is 0 Å². The van der Waals surface area contributed by atoms with Gasteiger partial charge in [-0.05, 0) is 82.8 Å². The highest BCUT2D eigenvalue weighted by molar-refractivity contribution is 6.03. The number of aromatic nitrogens is 6. The standard InChI is InChI=1S/C50H49N7O3/c1-3-19-44-51-47(52-45(58)34-36-20-9-5-10-21-36)46(49(59)60-4-2)56(44)35-37-30-32-38(33-31-37)42-28-17-18-29-43(42)48-53-54-55-57(48)50(39-22-11-6-12-23-39,40-24-13-7-14-25-40)41-26-15-8-16-27-41/h6-8,11-18,22-34H,3-5,9-10,19-21,35H2,1-2H3,(H,52,58). The van der Waals surface area contributed by atoms with Crippen LogP contribution in [-0.4, -0.2) is 48.2 Å². The molecule has 0 spiro atoms. The lowest BCUT2D eigenvalue weighted by Gasteiger charge is -2.36. The van der Waals surface area contributed by atoms with Crippen LogP contribution in [0.1, 0.15) is 90.9 Å². The van der Waals surface area contributed by atoms with Crippen LogP contribution in [0.3, 0.4) is 0 Å². The number of nitrogens with zero attached hydrogens (tertiary/aromatic N) is 6. The van der Waals surface area contributed by atoms with E-state index in [1.807, 2.05) is 76.0 Å². The second-order valence-electron chi connectivity index (χ2n) is 15.1. The van der Waals surface area contributed by atoms with Gasteiger partial charge in [0, 0.05) is 24.6 Å². The van der Waals surface area contributed by atoms with Crippen molar-refractivity contribution in [3.8, 4) is 22.5 Å². The van der Waals surface area contributed by atoms with Gasteiger partial charge in [0.2, 0.25) is 5.91 Å². The predicted octanol–water partition coefficient (Wildman–Crippen LogP) is 10.1. The molecule has 1 fully saturated rings. The second kappa shape index (κ2) is 18.3. The third-order valence-electron chi connectivity index (χ3n) is 11.2. The maximum atomic E-state index is 13.6. The van der Waals surface area contributed by atoms with Gasteiger partial charge in [-0.1, -0.05) is 158 Å². The van der Waals surface area contributed by atoms with E-state index in [1.165, 1.54) is 6.42 Å². The highest BCUT2D eigenvalue weighted by Gasteiger charge is 2.42. The molecule has 0 radical (unpaired) electrons. The van der Waals surface area contributed by atoms with Crippen molar-refractivity contribution in [3.05, 3.63) is 185 Å². The molecule has 302 valence electrons. The molecule has 0 saturated heterocycles. The molecule has 1 N–H and O–H groups in total. The van der Waals surface area contributed by atoms with Gasteiger partial charge >= 0.3 is 5.97 Å². The number of carbonyl (C=O) groups is 2. The summed E-state index contributed by atoms with van der Waals surface area (Å²) in [5.41, 5.74) is 7.30. The number of tetrazole rings is 1.